The highest BCUT2D eigenvalue weighted by molar-refractivity contribution is 9.10. The van der Waals surface area contributed by atoms with Crippen molar-refractivity contribution in [1.29, 1.82) is 0 Å². The molecule has 0 aromatic heterocycles. The lowest BCUT2D eigenvalue weighted by atomic mass is 10.0. The molecule has 2 aromatic rings. The van der Waals surface area contributed by atoms with Crippen LogP contribution in [0.3, 0.4) is 0 Å². The Bertz CT molecular complexity index is 569. The highest BCUT2D eigenvalue weighted by Gasteiger charge is 2.10. The molecule has 20 heavy (non-hydrogen) atoms. The van der Waals surface area contributed by atoms with Crippen LogP contribution in [0.5, 0.6) is 0 Å². The normalized spacial score (nSPS) is 12.4. The molecule has 1 unspecified atom stereocenters. The third-order valence-electron chi connectivity index (χ3n) is 3.23. The van der Waals surface area contributed by atoms with E-state index in [4.69, 9.17) is 0 Å². The predicted molar refractivity (Wildman–Crippen MR) is 80.4 cm³/mol. The van der Waals surface area contributed by atoms with Crippen LogP contribution in [0.2, 0.25) is 0 Å². The van der Waals surface area contributed by atoms with Crippen molar-refractivity contribution in [2.75, 3.05) is 0 Å². The first-order chi connectivity index (χ1) is 9.60. The third kappa shape index (κ3) is 3.87. The molecule has 0 amide bonds. The van der Waals surface area contributed by atoms with E-state index in [9.17, 15) is 8.78 Å². The molecule has 0 fully saturated rings. The van der Waals surface area contributed by atoms with Gasteiger partial charge in [-0.25, -0.2) is 8.78 Å². The Morgan fingerprint density at radius 3 is 2.45 bits per heavy atom. The summed E-state index contributed by atoms with van der Waals surface area (Å²) in [4.78, 5) is 0. The fourth-order valence-electron chi connectivity index (χ4n) is 2.10. The average molecular weight is 340 g/mol. The number of benzene rings is 2. The van der Waals surface area contributed by atoms with Gasteiger partial charge < -0.3 is 5.32 Å². The summed E-state index contributed by atoms with van der Waals surface area (Å²) in [5, 5.41) is 3.31. The van der Waals surface area contributed by atoms with Gasteiger partial charge in [-0.1, -0.05) is 35.0 Å². The zero-order chi connectivity index (χ0) is 14.5. The van der Waals surface area contributed by atoms with Crippen LogP contribution in [0.1, 0.15) is 30.5 Å². The molecule has 0 aliphatic heterocycles. The largest absolute Gasteiger partial charge is 0.306 e. The van der Waals surface area contributed by atoms with Gasteiger partial charge in [0, 0.05) is 22.6 Å². The van der Waals surface area contributed by atoms with Crippen LogP contribution in [0, 0.1) is 11.6 Å². The number of hydrogen-bond donors (Lipinski definition) is 1. The van der Waals surface area contributed by atoms with Gasteiger partial charge in [0.1, 0.15) is 11.6 Å². The van der Waals surface area contributed by atoms with Gasteiger partial charge in [-0.05, 0) is 42.3 Å². The summed E-state index contributed by atoms with van der Waals surface area (Å²) in [6, 6.07) is 11.4. The van der Waals surface area contributed by atoms with Crippen LogP contribution in [0.4, 0.5) is 8.78 Å². The quantitative estimate of drug-likeness (QED) is 0.810. The van der Waals surface area contributed by atoms with Gasteiger partial charge in [0.15, 0.2) is 0 Å². The summed E-state index contributed by atoms with van der Waals surface area (Å²) in [5.41, 5.74) is 1.62. The second-order valence-electron chi connectivity index (χ2n) is 4.63. The molecule has 0 aliphatic rings. The summed E-state index contributed by atoms with van der Waals surface area (Å²) in [5.74, 6) is -0.476. The van der Waals surface area contributed by atoms with Gasteiger partial charge in [0.05, 0.1) is 0 Å². The summed E-state index contributed by atoms with van der Waals surface area (Å²) in [6.07, 6.45) is 0.848. The van der Waals surface area contributed by atoms with Gasteiger partial charge in [-0.3, -0.25) is 0 Å². The zero-order valence-electron chi connectivity index (χ0n) is 11.2. The molecular formula is C16H16BrF2N. The molecule has 1 atom stereocenters. The molecule has 0 spiro atoms. The van der Waals surface area contributed by atoms with Gasteiger partial charge in [0.25, 0.3) is 0 Å². The van der Waals surface area contributed by atoms with E-state index in [2.05, 4.69) is 21.2 Å². The molecule has 4 heteroatoms. The molecule has 0 heterocycles. The van der Waals surface area contributed by atoms with Crippen molar-refractivity contribution in [3.8, 4) is 0 Å². The van der Waals surface area contributed by atoms with Crippen molar-refractivity contribution in [1.82, 2.24) is 5.32 Å². The lowest BCUT2D eigenvalue weighted by Crippen LogP contribution is -2.20. The van der Waals surface area contributed by atoms with E-state index in [-0.39, 0.29) is 17.7 Å². The van der Waals surface area contributed by atoms with Crippen LogP contribution < -0.4 is 5.32 Å². The Morgan fingerprint density at radius 2 is 1.80 bits per heavy atom. The summed E-state index contributed by atoms with van der Waals surface area (Å²) < 4.78 is 27.4. The molecule has 0 saturated carbocycles. The number of rotatable bonds is 5. The fraction of sp³-hybridized carbons (Fsp3) is 0.250. The zero-order valence-corrected chi connectivity index (χ0v) is 12.8. The van der Waals surface area contributed by atoms with Crippen molar-refractivity contribution < 1.29 is 8.78 Å². The number of halogens is 3. The van der Waals surface area contributed by atoms with Crippen molar-refractivity contribution in [2.24, 2.45) is 0 Å². The molecule has 2 rings (SSSR count). The Hall–Kier alpha value is -1.26. The maximum absolute atomic E-state index is 13.7. The molecule has 2 aromatic carbocycles. The standard InChI is InChI=1S/C16H16BrF2N/c1-2-16(11-3-6-14(18)7-4-11)20-10-12-9-13(17)5-8-15(12)19/h3-9,16,20H,2,10H2,1H3. The van der Waals surface area contributed by atoms with Crippen LogP contribution >= 0.6 is 15.9 Å². The van der Waals surface area contributed by atoms with Gasteiger partial charge >= 0.3 is 0 Å². The smallest absolute Gasteiger partial charge is 0.127 e. The van der Waals surface area contributed by atoms with Crippen molar-refractivity contribution >= 4 is 15.9 Å². The molecule has 0 radical (unpaired) electrons. The van der Waals surface area contributed by atoms with Crippen molar-refractivity contribution in [3.63, 3.8) is 0 Å². The first kappa shape index (κ1) is 15.1. The van der Waals surface area contributed by atoms with E-state index in [1.165, 1.54) is 18.2 Å². The van der Waals surface area contributed by atoms with Gasteiger partial charge in [-0.2, -0.15) is 0 Å². The average Bonchev–Trinajstić information content (AvgIpc) is 2.45. The highest BCUT2D eigenvalue weighted by atomic mass is 79.9. The van der Waals surface area contributed by atoms with E-state index in [0.29, 0.717) is 12.1 Å². The summed E-state index contributed by atoms with van der Waals surface area (Å²) in [6.45, 7) is 2.47. The monoisotopic (exact) mass is 339 g/mol. The summed E-state index contributed by atoms with van der Waals surface area (Å²) in [7, 11) is 0. The Morgan fingerprint density at radius 1 is 1.10 bits per heavy atom. The van der Waals surface area contributed by atoms with E-state index in [0.717, 1.165) is 16.5 Å². The summed E-state index contributed by atoms with van der Waals surface area (Å²) >= 11 is 3.34. The topological polar surface area (TPSA) is 12.0 Å². The number of hydrogen-bond acceptors (Lipinski definition) is 1. The molecule has 1 N–H and O–H groups in total. The predicted octanol–water partition coefficient (Wildman–Crippen LogP) is 4.97. The third-order valence-corrected chi connectivity index (χ3v) is 3.72. The molecule has 0 bridgehead atoms. The highest BCUT2D eigenvalue weighted by Crippen LogP contribution is 2.20. The first-order valence-electron chi connectivity index (χ1n) is 6.53. The SMILES string of the molecule is CCC(NCc1cc(Br)ccc1F)c1ccc(F)cc1. The molecule has 0 aliphatic carbocycles. The van der Waals surface area contributed by atoms with Crippen LogP contribution in [-0.4, -0.2) is 0 Å². The molecule has 1 nitrogen and oxygen atoms in total. The van der Waals surface area contributed by atoms with Crippen molar-refractivity contribution in [2.45, 2.75) is 25.9 Å². The maximum Gasteiger partial charge on any atom is 0.127 e. The van der Waals surface area contributed by atoms with Crippen LogP contribution in [0.15, 0.2) is 46.9 Å². The Kier molecular flexibility index (Phi) is 5.26. The first-order valence-corrected chi connectivity index (χ1v) is 7.32. The van der Waals surface area contributed by atoms with Gasteiger partial charge in [0.2, 0.25) is 0 Å². The van der Waals surface area contributed by atoms with E-state index >= 15 is 0 Å². The minimum Gasteiger partial charge on any atom is -0.306 e. The second kappa shape index (κ2) is 6.95. The maximum atomic E-state index is 13.7. The van der Waals surface area contributed by atoms with Crippen LogP contribution in [0.25, 0.3) is 0 Å². The van der Waals surface area contributed by atoms with Crippen molar-refractivity contribution in [3.05, 3.63) is 69.7 Å². The number of nitrogens with one attached hydrogen (secondary N) is 1. The Balaban J connectivity index is 2.07. The lowest BCUT2D eigenvalue weighted by molar-refractivity contribution is 0.503. The lowest BCUT2D eigenvalue weighted by Gasteiger charge is -2.18. The second-order valence-corrected chi connectivity index (χ2v) is 5.54. The van der Waals surface area contributed by atoms with E-state index in [1.54, 1.807) is 24.3 Å². The minimum absolute atomic E-state index is 0.0778. The minimum atomic E-state index is -0.248. The fourth-order valence-corrected chi connectivity index (χ4v) is 2.51. The van der Waals surface area contributed by atoms with E-state index < -0.39 is 0 Å². The van der Waals surface area contributed by atoms with Gasteiger partial charge in [-0.15, -0.1) is 0 Å². The molecular weight excluding hydrogens is 324 g/mol. The Labute approximate surface area is 126 Å². The van der Waals surface area contributed by atoms with Crippen LogP contribution in [-0.2, 0) is 6.54 Å². The molecule has 106 valence electrons. The van der Waals surface area contributed by atoms with E-state index in [1.807, 2.05) is 6.92 Å². The molecule has 0 saturated heterocycles.